The van der Waals surface area contributed by atoms with Crippen molar-refractivity contribution < 1.29 is 32.5 Å². The van der Waals surface area contributed by atoms with E-state index in [-0.39, 0.29) is 35.5 Å². The Balaban J connectivity index is 2.34. The first kappa shape index (κ1) is 21.2. The van der Waals surface area contributed by atoms with Crippen molar-refractivity contribution in [3.63, 3.8) is 0 Å². The molecule has 1 heterocycles. The number of fused-ring (bicyclic) bond motifs is 1. The molecule has 3 rings (SSSR count). The Morgan fingerprint density at radius 1 is 1.17 bits per heavy atom. The molecule has 30 heavy (non-hydrogen) atoms. The monoisotopic (exact) mass is 422 g/mol. The molecule has 0 atom stereocenters. The van der Waals surface area contributed by atoms with Gasteiger partial charge in [-0.2, -0.15) is 13.2 Å². The summed E-state index contributed by atoms with van der Waals surface area (Å²) < 4.78 is 50.6. The number of alkyl halides is 3. The number of halogens is 3. The molecular formula is C20H17F3N2O5. The summed E-state index contributed by atoms with van der Waals surface area (Å²) in [7, 11) is 1.07. The number of anilines is 1. The van der Waals surface area contributed by atoms with Gasteiger partial charge in [-0.3, -0.25) is 9.36 Å². The molecule has 0 fully saturated rings. The van der Waals surface area contributed by atoms with Crippen LogP contribution in [0.4, 0.5) is 18.9 Å². The van der Waals surface area contributed by atoms with Gasteiger partial charge >= 0.3 is 12.1 Å². The number of aliphatic hydroxyl groups is 1. The number of carbonyl (C=O) groups is 1. The van der Waals surface area contributed by atoms with Gasteiger partial charge in [0.05, 0.1) is 30.5 Å². The number of nitrogens with two attached hydrogens (primary N) is 1. The molecule has 3 N–H and O–H groups in total. The molecule has 0 radical (unpaired) electrons. The second-order valence-electron chi connectivity index (χ2n) is 6.22. The predicted molar refractivity (Wildman–Crippen MR) is 103 cm³/mol. The quantitative estimate of drug-likeness (QED) is 0.613. The highest BCUT2D eigenvalue weighted by Gasteiger charge is 2.32. The summed E-state index contributed by atoms with van der Waals surface area (Å²) in [5, 5.41) is 8.91. The molecule has 0 saturated carbocycles. The van der Waals surface area contributed by atoms with Crippen molar-refractivity contribution in [3.8, 4) is 11.4 Å². The van der Waals surface area contributed by atoms with Gasteiger partial charge in [-0.05, 0) is 36.4 Å². The molecule has 0 unspecified atom stereocenters. The van der Waals surface area contributed by atoms with Gasteiger partial charge in [-0.25, -0.2) is 4.79 Å². The van der Waals surface area contributed by atoms with Crippen LogP contribution in [0.2, 0.25) is 0 Å². The Hall–Kier alpha value is -3.53. The Labute approximate surface area is 168 Å². The maximum absolute atomic E-state index is 13.3. The molecule has 10 heteroatoms. The number of nitrogens with zero attached hydrogens (tertiary/aromatic N) is 1. The van der Waals surface area contributed by atoms with Crippen LogP contribution in [0, 0.1) is 0 Å². The van der Waals surface area contributed by atoms with Crippen molar-refractivity contribution in [1.82, 2.24) is 4.57 Å². The first-order valence-electron chi connectivity index (χ1n) is 8.67. The average Bonchev–Trinajstić information content (AvgIpc) is 2.72. The van der Waals surface area contributed by atoms with E-state index in [1.54, 1.807) is 0 Å². The minimum atomic E-state index is -4.65. The second kappa shape index (κ2) is 8.07. The molecule has 0 aliphatic heterocycles. The molecule has 2 aromatic carbocycles. The summed E-state index contributed by atoms with van der Waals surface area (Å²) in [6.45, 7) is -0.155. The second-order valence-corrected chi connectivity index (χ2v) is 6.22. The smallest absolute Gasteiger partial charge is 0.416 e. The highest BCUT2D eigenvalue weighted by molar-refractivity contribution is 6.04. The lowest BCUT2D eigenvalue weighted by atomic mass is 10.1. The molecule has 0 aliphatic rings. The molecule has 158 valence electrons. The number of esters is 1. The predicted octanol–water partition coefficient (Wildman–Crippen LogP) is 2.75. The standard InChI is InChI=1S/C20H17F3N2O5/c1-29-19(28)16-17(24)14-7-2-11(20(21,22)23)10-15(14)25(18(16)27)12-3-5-13(6-4-12)30-9-8-26/h2-7,10,26H,8-9,24H2,1H3. The Morgan fingerprint density at radius 3 is 2.40 bits per heavy atom. The van der Waals surface area contributed by atoms with Crippen LogP contribution in [-0.4, -0.2) is 36.0 Å². The minimum Gasteiger partial charge on any atom is -0.491 e. The van der Waals surface area contributed by atoms with E-state index in [1.165, 1.54) is 24.3 Å². The Bertz CT molecular complexity index is 1150. The van der Waals surface area contributed by atoms with Crippen molar-refractivity contribution in [2.75, 3.05) is 26.1 Å². The number of aromatic nitrogens is 1. The van der Waals surface area contributed by atoms with Gasteiger partial charge < -0.3 is 20.3 Å². The van der Waals surface area contributed by atoms with Crippen molar-refractivity contribution in [2.24, 2.45) is 0 Å². The molecule has 7 nitrogen and oxygen atoms in total. The maximum Gasteiger partial charge on any atom is 0.416 e. The van der Waals surface area contributed by atoms with Crippen molar-refractivity contribution in [1.29, 1.82) is 0 Å². The SMILES string of the molecule is COC(=O)c1c(N)c2ccc(C(F)(F)F)cc2n(-c2ccc(OCCO)cc2)c1=O. The van der Waals surface area contributed by atoms with E-state index in [4.69, 9.17) is 15.6 Å². The summed E-state index contributed by atoms with van der Waals surface area (Å²) in [5.74, 6) is -0.624. The van der Waals surface area contributed by atoms with Crippen LogP contribution in [-0.2, 0) is 10.9 Å². The number of pyridine rings is 1. The van der Waals surface area contributed by atoms with E-state index in [2.05, 4.69) is 4.74 Å². The molecule has 0 bridgehead atoms. The van der Waals surface area contributed by atoms with Gasteiger partial charge in [0.1, 0.15) is 17.9 Å². The summed E-state index contributed by atoms with van der Waals surface area (Å²) in [6, 6.07) is 8.55. The highest BCUT2D eigenvalue weighted by atomic mass is 19.4. The lowest BCUT2D eigenvalue weighted by molar-refractivity contribution is -0.137. The number of methoxy groups -OCH3 is 1. The maximum atomic E-state index is 13.3. The Kier molecular flexibility index (Phi) is 5.70. The number of benzene rings is 2. The normalized spacial score (nSPS) is 11.5. The largest absolute Gasteiger partial charge is 0.491 e. The van der Waals surface area contributed by atoms with Crippen molar-refractivity contribution in [2.45, 2.75) is 6.18 Å². The lowest BCUT2D eigenvalue weighted by Crippen LogP contribution is -2.28. The fourth-order valence-corrected chi connectivity index (χ4v) is 3.00. The molecule has 0 saturated heterocycles. The van der Waals surface area contributed by atoms with Gasteiger partial charge in [-0.1, -0.05) is 6.07 Å². The van der Waals surface area contributed by atoms with E-state index >= 15 is 0 Å². The highest BCUT2D eigenvalue weighted by Crippen LogP contribution is 2.34. The van der Waals surface area contributed by atoms with Crippen LogP contribution < -0.4 is 16.0 Å². The molecule has 1 aromatic heterocycles. The zero-order chi connectivity index (χ0) is 22.1. The van der Waals surface area contributed by atoms with E-state index in [0.29, 0.717) is 5.75 Å². The third-order valence-corrected chi connectivity index (χ3v) is 4.39. The van der Waals surface area contributed by atoms with Crippen molar-refractivity contribution in [3.05, 3.63) is 63.9 Å². The summed E-state index contributed by atoms with van der Waals surface area (Å²) >= 11 is 0. The fraction of sp³-hybridized carbons (Fsp3) is 0.200. The molecule has 3 aromatic rings. The third-order valence-electron chi connectivity index (χ3n) is 4.39. The number of rotatable bonds is 5. The molecule has 0 aliphatic carbocycles. The molecule has 0 amide bonds. The van der Waals surface area contributed by atoms with Gasteiger partial charge in [0.15, 0.2) is 0 Å². The third kappa shape index (κ3) is 3.81. The molecule has 0 spiro atoms. The van der Waals surface area contributed by atoms with E-state index < -0.39 is 28.8 Å². The zero-order valence-corrected chi connectivity index (χ0v) is 15.7. The minimum absolute atomic E-state index is 0.0472. The van der Waals surface area contributed by atoms with Gasteiger partial charge in [0, 0.05) is 11.1 Å². The van der Waals surface area contributed by atoms with Crippen LogP contribution in [0.3, 0.4) is 0 Å². The number of hydrogen-bond donors (Lipinski definition) is 2. The molecular weight excluding hydrogens is 405 g/mol. The zero-order valence-electron chi connectivity index (χ0n) is 15.7. The van der Waals surface area contributed by atoms with Crippen LogP contribution in [0.1, 0.15) is 15.9 Å². The first-order valence-corrected chi connectivity index (χ1v) is 8.67. The van der Waals surface area contributed by atoms with Gasteiger partial charge in [0.2, 0.25) is 0 Å². The van der Waals surface area contributed by atoms with E-state index in [9.17, 15) is 22.8 Å². The lowest BCUT2D eigenvalue weighted by Gasteiger charge is -2.17. The van der Waals surface area contributed by atoms with E-state index in [0.717, 1.165) is 29.9 Å². The number of carbonyl (C=O) groups excluding carboxylic acids is 1. The summed E-state index contributed by atoms with van der Waals surface area (Å²) in [5.41, 5.74) is 3.36. The summed E-state index contributed by atoms with van der Waals surface area (Å²) in [6.07, 6.45) is -4.65. The fourth-order valence-electron chi connectivity index (χ4n) is 3.00. The number of hydrogen-bond acceptors (Lipinski definition) is 6. The summed E-state index contributed by atoms with van der Waals surface area (Å²) in [4.78, 5) is 25.2. The van der Waals surface area contributed by atoms with Crippen molar-refractivity contribution >= 4 is 22.6 Å². The Morgan fingerprint density at radius 2 is 1.83 bits per heavy atom. The van der Waals surface area contributed by atoms with Crippen LogP contribution in [0.15, 0.2) is 47.3 Å². The topological polar surface area (TPSA) is 104 Å². The number of aliphatic hydroxyl groups excluding tert-OH is 1. The van der Waals surface area contributed by atoms with Crippen LogP contribution >= 0.6 is 0 Å². The first-order chi connectivity index (χ1) is 14.2. The van der Waals surface area contributed by atoms with Crippen LogP contribution in [0.25, 0.3) is 16.6 Å². The van der Waals surface area contributed by atoms with Gasteiger partial charge in [0.25, 0.3) is 5.56 Å². The van der Waals surface area contributed by atoms with E-state index in [1.807, 2.05) is 0 Å². The number of ether oxygens (including phenoxy) is 2. The number of nitrogen functional groups attached to an aromatic ring is 1. The van der Waals surface area contributed by atoms with Crippen LogP contribution in [0.5, 0.6) is 5.75 Å². The van der Waals surface area contributed by atoms with Gasteiger partial charge in [-0.15, -0.1) is 0 Å². The average molecular weight is 422 g/mol.